The van der Waals surface area contributed by atoms with Crippen molar-refractivity contribution in [3.63, 3.8) is 0 Å². The number of quaternary nitrogens is 1. The molecule has 0 amide bonds. The van der Waals surface area contributed by atoms with E-state index in [1.165, 1.54) is 37.9 Å². The number of Topliss-reactive ketones (excluding diaryl/α,β-unsaturated/α-hetero) is 1. The Morgan fingerprint density at radius 2 is 1.95 bits per heavy atom. The van der Waals surface area contributed by atoms with Gasteiger partial charge in [-0.2, -0.15) is 0 Å². The van der Waals surface area contributed by atoms with Crippen molar-refractivity contribution in [2.45, 2.75) is 33.1 Å². The smallest absolute Gasteiger partial charge is 0.171 e. The van der Waals surface area contributed by atoms with Crippen LogP contribution < -0.4 is 17.3 Å². The third-order valence-electron chi connectivity index (χ3n) is 3.91. The molecular weight excluding hydrogens is 258 g/mol. The molecule has 2 rings (SSSR count). The number of aryl methyl sites for hydroxylation is 1. The molecule has 1 atom stereocenters. The molecule has 1 fully saturated rings. The van der Waals surface area contributed by atoms with E-state index in [-0.39, 0.29) is 18.3 Å². The summed E-state index contributed by atoms with van der Waals surface area (Å²) in [5.41, 5.74) is 2.04. The Kier molecular flexibility index (Phi) is 6.53. The molecule has 3 heteroatoms. The van der Waals surface area contributed by atoms with Gasteiger partial charge in [-0.15, -0.1) is 0 Å². The zero-order valence-corrected chi connectivity index (χ0v) is 12.7. The van der Waals surface area contributed by atoms with Crippen LogP contribution in [0, 0.1) is 12.8 Å². The number of halogens is 1. The van der Waals surface area contributed by atoms with E-state index in [2.05, 4.69) is 6.92 Å². The monoisotopic (exact) mass is 281 g/mol. The van der Waals surface area contributed by atoms with Gasteiger partial charge in [0.15, 0.2) is 5.78 Å². The van der Waals surface area contributed by atoms with Gasteiger partial charge in [0, 0.05) is 5.56 Å². The second kappa shape index (κ2) is 7.66. The molecule has 1 aromatic rings. The van der Waals surface area contributed by atoms with E-state index in [9.17, 15) is 4.79 Å². The zero-order valence-electron chi connectivity index (χ0n) is 11.9. The minimum absolute atomic E-state index is 0. The quantitative estimate of drug-likeness (QED) is 0.695. The van der Waals surface area contributed by atoms with Gasteiger partial charge in [0.2, 0.25) is 0 Å². The van der Waals surface area contributed by atoms with E-state index in [4.69, 9.17) is 0 Å². The van der Waals surface area contributed by atoms with Gasteiger partial charge in [-0.3, -0.25) is 4.79 Å². The predicted octanol–water partition coefficient (Wildman–Crippen LogP) is -1.11. The summed E-state index contributed by atoms with van der Waals surface area (Å²) in [5.74, 6) is 0.441. The summed E-state index contributed by atoms with van der Waals surface area (Å²) < 4.78 is 0. The SMILES string of the molecule is Cc1cccc(C(=O)C(C)C[NH+]2CCCCC2)c1.[Cl-]. The Labute approximate surface area is 122 Å². The van der Waals surface area contributed by atoms with Gasteiger partial charge in [-0.05, 0) is 39.2 Å². The molecule has 0 saturated carbocycles. The molecule has 1 unspecified atom stereocenters. The highest BCUT2D eigenvalue weighted by Crippen LogP contribution is 2.10. The second-order valence-electron chi connectivity index (χ2n) is 5.65. The van der Waals surface area contributed by atoms with Crippen LogP contribution in [0.5, 0.6) is 0 Å². The molecule has 2 nitrogen and oxygen atoms in total. The van der Waals surface area contributed by atoms with Gasteiger partial charge in [0.1, 0.15) is 0 Å². The van der Waals surface area contributed by atoms with Crippen molar-refractivity contribution in [1.82, 2.24) is 0 Å². The van der Waals surface area contributed by atoms with Crippen LogP contribution in [0.2, 0.25) is 0 Å². The highest BCUT2D eigenvalue weighted by Gasteiger charge is 2.22. The summed E-state index contributed by atoms with van der Waals surface area (Å²) in [5, 5.41) is 0. The fraction of sp³-hybridized carbons (Fsp3) is 0.562. The molecule has 1 N–H and O–H groups in total. The first-order chi connectivity index (χ1) is 8.66. The van der Waals surface area contributed by atoms with E-state index in [1.54, 1.807) is 4.90 Å². The van der Waals surface area contributed by atoms with Crippen molar-refractivity contribution in [2.75, 3.05) is 19.6 Å². The third-order valence-corrected chi connectivity index (χ3v) is 3.91. The Bertz CT molecular complexity index is 413. The van der Waals surface area contributed by atoms with Crippen molar-refractivity contribution in [1.29, 1.82) is 0 Å². The van der Waals surface area contributed by atoms with E-state index in [1.807, 2.05) is 31.2 Å². The fourth-order valence-corrected chi connectivity index (χ4v) is 2.86. The predicted molar refractivity (Wildman–Crippen MR) is 74.1 cm³/mol. The second-order valence-corrected chi connectivity index (χ2v) is 5.65. The Morgan fingerprint density at radius 1 is 1.26 bits per heavy atom. The van der Waals surface area contributed by atoms with E-state index in [0.717, 1.165) is 12.1 Å². The number of carbonyl (C=O) groups is 1. The molecular formula is C16H24ClNO. The lowest BCUT2D eigenvalue weighted by atomic mass is 9.97. The topological polar surface area (TPSA) is 21.5 Å². The molecule has 1 saturated heterocycles. The number of nitrogens with one attached hydrogen (secondary N) is 1. The van der Waals surface area contributed by atoms with E-state index < -0.39 is 0 Å². The number of ketones is 1. The number of carbonyl (C=O) groups excluding carboxylic acids is 1. The fourth-order valence-electron chi connectivity index (χ4n) is 2.86. The largest absolute Gasteiger partial charge is 1.00 e. The van der Waals surface area contributed by atoms with Crippen LogP contribution in [0.3, 0.4) is 0 Å². The number of likely N-dealkylation sites (tertiary alicyclic amines) is 1. The molecule has 1 heterocycles. The minimum atomic E-state index is 0. The first-order valence-electron chi connectivity index (χ1n) is 7.11. The first-order valence-corrected chi connectivity index (χ1v) is 7.11. The third kappa shape index (κ3) is 4.63. The highest BCUT2D eigenvalue weighted by atomic mass is 35.5. The molecule has 0 bridgehead atoms. The van der Waals surface area contributed by atoms with Gasteiger partial charge in [-0.1, -0.05) is 23.8 Å². The van der Waals surface area contributed by atoms with Crippen LogP contribution in [0.1, 0.15) is 42.1 Å². The average molecular weight is 282 g/mol. The van der Waals surface area contributed by atoms with Crippen molar-refractivity contribution >= 4 is 5.78 Å². The summed E-state index contributed by atoms with van der Waals surface area (Å²) in [6, 6.07) is 7.96. The molecule has 1 aromatic carbocycles. The molecule has 1 aliphatic rings. The Balaban J connectivity index is 0.00000180. The normalized spacial score (nSPS) is 17.6. The molecule has 106 valence electrons. The summed E-state index contributed by atoms with van der Waals surface area (Å²) in [4.78, 5) is 14.0. The molecule has 0 aliphatic carbocycles. The van der Waals surface area contributed by atoms with Crippen LogP contribution in [-0.2, 0) is 0 Å². The summed E-state index contributed by atoms with van der Waals surface area (Å²) in [7, 11) is 0. The maximum atomic E-state index is 12.4. The van der Waals surface area contributed by atoms with Crippen molar-refractivity contribution in [2.24, 2.45) is 5.92 Å². The maximum absolute atomic E-state index is 12.4. The Hall–Kier alpha value is -0.860. The average Bonchev–Trinajstić information content (AvgIpc) is 2.39. The lowest BCUT2D eigenvalue weighted by molar-refractivity contribution is -0.906. The number of piperidine rings is 1. The van der Waals surface area contributed by atoms with Gasteiger partial charge in [0.25, 0.3) is 0 Å². The van der Waals surface area contributed by atoms with Gasteiger partial charge in [-0.25, -0.2) is 0 Å². The number of rotatable bonds is 4. The van der Waals surface area contributed by atoms with Crippen LogP contribution >= 0.6 is 0 Å². The number of benzene rings is 1. The lowest BCUT2D eigenvalue weighted by Gasteiger charge is -2.25. The zero-order chi connectivity index (χ0) is 13.0. The molecule has 0 spiro atoms. The van der Waals surface area contributed by atoms with Crippen LogP contribution in [0.15, 0.2) is 24.3 Å². The van der Waals surface area contributed by atoms with Crippen LogP contribution in [-0.4, -0.2) is 25.4 Å². The van der Waals surface area contributed by atoms with E-state index in [0.29, 0.717) is 5.78 Å². The lowest BCUT2D eigenvalue weighted by Crippen LogP contribution is -3.13. The molecule has 1 aliphatic heterocycles. The molecule has 0 radical (unpaired) electrons. The van der Waals surface area contributed by atoms with E-state index >= 15 is 0 Å². The van der Waals surface area contributed by atoms with Gasteiger partial charge < -0.3 is 17.3 Å². The Morgan fingerprint density at radius 3 is 2.58 bits per heavy atom. The van der Waals surface area contributed by atoms with Crippen LogP contribution in [0.4, 0.5) is 0 Å². The number of hydrogen-bond donors (Lipinski definition) is 1. The van der Waals surface area contributed by atoms with Crippen molar-refractivity contribution in [3.8, 4) is 0 Å². The minimum Gasteiger partial charge on any atom is -1.00 e. The molecule has 19 heavy (non-hydrogen) atoms. The maximum Gasteiger partial charge on any atom is 0.171 e. The summed E-state index contributed by atoms with van der Waals surface area (Å²) in [6.45, 7) is 7.59. The highest BCUT2D eigenvalue weighted by molar-refractivity contribution is 5.97. The van der Waals surface area contributed by atoms with Gasteiger partial charge in [0.05, 0.1) is 25.6 Å². The molecule has 0 aromatic heterocycles. The number of hydrogen-bond acceptors (Lipinski definition) is 1. The summed E-state index contributed by atoms with van der Waals surface area (Å²) in [6.07, 6.45) is 4.01. The van der Waals surface area contributed by atoms with Crippen molar-refractivity contribution in [3.05, 3.63) is 35.4 Å². The standard InChI is InChI=1S/C16H23NO.ClH/c1-13-7-6-8-15(11-13)16(18)14(2)12-17-9-4-3-5-10-17;/h6-8,11,14H,3-5,9-10,12H2,1-2H3;1H. The summed E-state index contributed by atoms with van der Waals surface area (Å²) >= 11 is 0. The first kappa shape index (κ1) is 16.2. The van der Waals surface area contributed by atoms with Gasteiger partial charge >= 0.3 is 0 Å². The van der Waals surface area contributed by atoms with Crippen LogP contribution in [0.25, 0.3) is 0 Å². The van der Waals surface area contributed by atoms with Crippen molar-refractivity contribution < 1.29 is 22.1 Å².